The molecule has 28 heavy (non-hydrogen) atoms. The van der Waals surface area contributed by atoms with Gasteiger partial charge < -0.3 is 15.8 Å². The van der Waals surface area contributed by atoms with Gasteiger partial charge in [0.15, 0.2) is 5.96 Å². The molecule has 2 heterocycles. The molecule has 1 aliphatic rings. The second-order valence-electron chi connectivity index (χ2n) is 7.21. The Morgan fingerprint density at radius 2 is 2.07 bits per heavy atom. The van der Waals surface area contributed by atoms with E-state index in [1.54, 1.807) is 6.20 Å². The Bertz CT molecular complexity index is 770. The zero-order valence-corrected chi connectivity index (χ0v) is 19.2. The van der Waals surface area contributed by atoms with Crippen LogP contribution in [0.15, 0.2) is 53.7 Å². The summed E-state index contributed by atoms with van der Waals surface area (Å²) in [4.78, 5) is 11.2. The van der Waals surface area contributed by atoms with E-state index >= 15 is 0 Å². The third kappa shape index (κ3) is 6.58. The molecule has 3 rings (SSSR count). The Hall–Kier alpha value is -1.42. The van der Waals surface area contributed by atoms with Crippen LogP contribution in [0.4, 0.5) is 5.82 Å². The van der Waals surface area contributed by atoms with E-state index in [-0.39, 0.29) is 35.6 Å². The normalized spacial score (nSPS) is 18.2. The number of nitrogens with zero attached hydrogens (tertiary/aromatic N) is 3. The molecule has 1 aliphatic heterocycles. The van der Waals surface area contributed by atoms with Crippen molar-refractivity contribution in [3.8, 4) is 0 Å². The predicted octanol–water partition coefficient (Wildman–Crippen LogP) is 3.93. The number of morpholine rings is 1. The zero-order chi connectivity index (χ0) is 19.3. The lowest BCUT2D eigenvalue weighted by Crippen LogP contribution is -2.50. The number of nitrogens with one attached hydrogen (secondary N) is 1. The molecule has 1 atom stereocenters. The van der Waals surface area contributed by atoms with E-state index in [0.29, 0.717) is 24.9 Å². The van der Waals surface area contributed by atoms with Crippen LogP contribution < -0.4 is 11.1 Å². The topological polar surface area (TPSA) is 75.8 Å². The van der Waals surface area contributed by atoms with Crippen molar-refractivity contribution in [2.24, 2.45) is 10.7 Å². The van der Waals surface area contributed by atoms with Crippen LogP contribution in [-0.2, 0) is 4.74 Å². The summed E-state index contributed by atoms with van der Waals surface area (Å²) in [6.45, 7) is 7.12. The van der Waals surface area contributed by atoms with E-state index in [1.807, 2.05) is 42.5 Å². The van der Waals surface area contributed by atoms with Gasteiger partial charge in [0, 0.05) is 24.3 Å². The van der Waals surface area contributed by atoms with Crippen molar-refractivity contribution >= 4 is 47.4 Å². The van der Waals surface area contributed by atoms with Crippen molar-refractivity contribution in [1.82, 2.24) is 9.88 Å². The first-order valence-electron chi connectivity index (χ1n) is 9.04. The molecular formula is C20H27ClIN5O. The Kier molecular flexibility index (Phi) is 8.48. The zero-order valence-electron chi connectivity index (χ0n) is 16.1. The van der Waals surface area contributed by atoms with Gasteiger partial charge >= 0.3 is 0 Å². The van der Waals surface area contributed by atoms with Gasteiger partial charge in [-0.25, -0.2) is 4.98 Å². The highest BCUT2D eigenvalue weighted by Crippen LogP contribution is 2.28. The second kappa shape index (κ2) is 10.4. The van der Waals surface area contributed by atoms with Gasteiger partial charge in [-0.2, -0.15) is 0 Å². The quantitative estimate of drug-likeness (QED) is 0.358. The lowest BCUT2D eigenvalue weighted by molar-refractivity contribution is -0.0966. The summed E-state index contributed by atoms with van der Waals surface area (Å²) in [5, 5.41) is 3.75. The van der Waals surface area contributed by atoms with E-state index in [4.69, 9.17) is 22.1 Å². The third-order valence-electron chi connectivity index (χ3n) is 4.51. The van der Waals surface area contributed by atoms with E-state index < -0.39 is 0 Å². The Balaban J connectivity index is 0.00000280. The molecule has 8 heteroatoms. The number of nitrogens with two attached hydrogens (primary N) is 1. The number of guanidine groups is 1. The average molecular weight is 516 g/mol. The lowest BCUT2D eigenvalue weighted by Gasteiger charge is -2.42. The molecule has 0 spiro atoms. The van der Waals surface area contributed by atoms with Crippen molar-refractivity contribution in [2.45, 2.75) is 25.5 Å². The number of anilines is 1. The molecule has 6 nitrogen and oxygen atoms in total. The molecule has 3 N–H and O–H groups in total. The molecular weight excluding hydrogens is 489 g/mol. The first-order chi connectivity index (χ1) is 12.9. The number of halogens is 2. The summed E-state index contributed by atoms with van der Waals surface area (Å²) in [6, 6.07) is 13.6. The molecule has 0 saturated carbocycles. The van der Waals surface area contributed by atoms with Gasteiger partial charge in [0.2, 0.25) is 0 Å². The molecule has 0 aliphatic carbocycles. The van der Waals surface area contributed by atoms with Crippen molar-refractivity contribution in [3.05, 3.63) is 59.2 Å². The SMILES string of the molecule is CC1(C)CN(C(CN=C(N)Nc2ccccn2)c2ccc(Cl)cc2)CCO1.I. The summed E-state index contributed by atoms with van der Waals surface area (Å²) in [5.41, 5.74) is 7.04. The summed E-state index contributed by atoms with van der Waals surface area (Å²) in [5.74, 6) is 1.02. The average Bonchev–Trinajstić information content (AvgIpc) is 2.63. The molecule has 0 radical (unpaired) electrons. The van der Waals surface area contributed by atoms with Crippen molar-refractivity contribution in [3.63, 3.8) is 0 Å². The molecule has 0 bridgehead atoms. The Labute approximate surface area is 188 Å². The molecule has 2 aromatic rings. The highest BCUT2D eigenvalue weighted by molar-refractivity contribution is 14.0. The minimum atomic E-state index is -0.190. The van der Waals surface area contributed by atoms with Gasteiger partial charge in [0.05, 0.1) is 24.8 Å². The molecule has 1 fully saturated rings. The molecule has 1 unspecified atom stereocenters. The number of ether oxygens (including phenoxy) is 1. The highest BCUT2D eigenvalue weighted by Gasteiger charge is 2.32. The minimum Gasteiger partial charge on any atom is -0.373 e. The number of hydrogen-bond acceptors (Lipinski definition) is 4. The third-order valence-corrected chi connectivity index (χ3v) is 4.76. The molecule has 152 valence electrons. The molecule has 1 aromatic heterocycles. The largest absolute Gasteiger partial charge is 0.373 e. The maximum Gasteiger partial charge on any atom is 0.194 e. The monoisotopic (exact) mass is 515 g/mol. The molecule has 1 saturated heterocycles. The summed E-state index contributed by atoms with van der Waals surface area (Å²) in [6.07, 6.45) is 1.71. The van der Waals surface area contributed by atoms with E-state index in [0.717, 1.165) is 23.7 Å². The van der Waals surface area contributed by atoms with Gasteiger partial charge in [0.1, 0.15) is 5.82 Å². The number of aliphatic imine (C=N–C) groups is 1. The summed E-state index contributed by atoms with van der Waals surface area (Å²) >= 11 is 6.07. The van der Waals surface area contributed by atoms with Gasteiger partial charge in [-0.05, 0) is 43.7 Å². The smallest absolute Gasteiger partial charge is 0.194 e. The first kappa shape index (κ1) is 22.9. The van der Waals surface area contributed by atoms with Crippen LogP contribution in [0.5, 0.6) is 0 Å². The van der Waals surface area contributed by atoms with E-state index in [9.17, 15) is 0 Å². The van der Waals surface area contributed by atoms with Crippen molar-refractivity contribution < 1.29 is 4.74 Å². The summed E-state index contributed by atoms with van der Waals surface area (Å²) in [7, 11) is 0. The van der Waals surface area contributed by atoms with Gasteiger partial charge in [-0.1, -0.05) is 29.8 Å². The van der Waals surface area contributed by atoms with Crippen molar-refractivity contribution in [2.75, 3.05) is 31.6 Å². The Morgan fingerprint density at radius 3 is 2.71 bits per heavy atom. The predicted molar refractivity (Wildman–Crippen MR) is 126 cm³/mol. The van der Waals surface area contributed by atoms with Crippen LogP contribution in [0.3, 0.4) is 0 Å². The number of pyridine rings is 1. The fourth-order valence-electron chi connectivity index (χ4n) is 3.23. The fraction of sp³-hybridized carbons (Fsp3) is 0.400. The number of hydrogen-bond donors (Lipinski definition) is 2. The van der Waals surface area contributed by atoms with Crippen LogP contribution in [-0.4, -0.2) is 47.7 Å². The van der Waals surface area contributed by atoms with Gasteiger partial charge in [-0.15, -0.1) is 24.0 Å². The van der Waals surface area contributed by atoms with E-state index in [2.05, 4.69) is 34.0 Å². The first-order valence-corrected chi connectivity index (χ1v) is 9.42. The maximum atomic E-state index is 6.07. The lowest BCUT2D eigenvalue weighted by atomic mass is 10.0. The molecule has 0 amide bonds. The van der Waals surface area contributed by atoms with Crippen LogP contribution in [0, 0.1) is 0 Å². The number of rotatable bonds is 5. The highest BCUT2D eigenvalue weighted by atomic mass is 127. The van der Waals surface area contributed by atoms with Crippen LogP contribution in [0.2, 0.25) is 5.02 Å². The second-order valence-corrected chi connectivity index (χ2v) is 7.65. The van der Waals surface area contributed by atoms with Gasteiger partial charge in [0.25, 0.3) is 0 Å². The van der Waals surface area contributed by atoms with Crippen LogP contribution >= 0.6 is 35.6 Å². The molecule has 1 aromatic carbocycles. The standard InChI is InChI=1S/C20H26ClN5O.HI/c1-20(2)14-26(11-12-27-20)17(15-6-8-16(21)9-7-15)13-24-19(22)25-18-5-3-4-10-23-18;/h3-10,17H,11-14H2,1-2H3,(H3,22,23,24,25);1H. The van der Waals surface area contributed by atoms with Gasteiger partial charge in [-0.3, -0.25) is 9.89 Å². The summed E-state index contributed by atoms with van der Waals surface area (Å²) < 4.78 is 5.86. The maximum absolute atomic E-state index is 6.07. The number of benzene rings is 1. The fourth-order valence-corrected chi connectivity index (χ4v) is 3.35. The van der Waals surface area contributed by atoms with E-state index in [1.165, 1.54) is 0 Å². The Morgan fingerprint density at radius 1 is 1.32 bits per heavy atom. The minimum absolute atomic E-state index is 0. The van der Waals surface area contributed by atoms with Crippen LogP contribution in [0.1, 0.15) is 25.5 Å². The van der Waals surface area contributed by atoms with Crippen molar-refractivity contribution in [1.29, 1.82) is 0 Å². The number of aromatic nitrogens is 1. The van der Waals surface area contributed by atoms with Crippen LogP contribution in [0.25, 0.3) is 0 Å².